The summed E-state index contributed by atoms with van der Waals surface area (Å²) in [7, 11) is 0. The first-order valence-corrected chi connectivity index (χ1v) is 20.3. The predicted octanol–water partition coefficient (Wildman–Crippen LogP) is 14.7. The van der Waals surface area contributed by atoms with Gasteiger partial charge in [-0.2, -0.15) is 0 Å². The normalized spacial score (nSPS) is 11.2. The van der Waals surface area contributed by atoms with Crippen molar-refractivity contribution in [1.82, 2.24) is 15.0 Å². The lowest BCUT2D eigenvalue weighted by Crippen LogP contribution is -2.01. The number of hydrogen-bond donors (Lipinski definition) is 0. The molecule has 0 unspecified atom stereocenters. The van der Waals surface area contributed by atoms with E-state index in [9.17, 15) is 0 Å². The minimum atomic E-state index is 0.643. The van der Waals surface area contributed by atoms with E-state index < -0.39 is 0 Å². The van der Waals surface area contributed by atoms with Gasteiger partial charge in [-0.15, -0.1) is 11.3 Å². The second kappa shape index (κ2) is 15.3. The zero-order valence-electron chi connectivity index (χ0n) is 31.9. The molecule has 0 amide bonds. The molecule has 0 atom stereocenters. The molecule has 0 aliphatic heterocycles. The van der Waals surface area contributed by atoms with Gasteiger partial charge in [0.1, 0.15) is 0 Å². The monoisotopic (exact) mass is 759 g/mol. The highest BCUT2D eigenvalue weighted by molar-refractivity contribution is 7.22. The van der Waals surface area contributed by atoms with E-state index in [4.69, 9.17) is 15.0 Å². The van der Waals surface area contributed by atoms with Crippen molar-refractivity contribution < 1.29 is 0 Å². The molecule has 274 valence electrons. The van der Waals surface area contributed by atoms with Gasteiger partial charge in [-0.3, -0.25) is 0 Å². The summed E-state index contributed by atoms with van der Waals surface area (Å²) in [5.74, 6) is 1.96. The summed E-state index contributed by atoms with van der Waals surface area (Å²) in [6.07, 6.45) is 0. The number of nitrogens with zero attached hydrogens (tertiary/aromatic N) is 3. The maximum atomic E-state index is 5.22. The number of aryl methyl sites for hydroxylation is 1. The van der Waals surface area contributed by atoms with Gasteiger partial charge in [0.25, 0.3) is 0 Å². The highest BCUT2D eigenvalue weighted by Gasteiger charge is 2.20. The van der Waals surface area contributed by atoms with Crippen molar-refractivity contribution in [2.75, 3.05) is 0 Å². The van der Waals surface area contributed by atoms with Crippen molar-refractivity contribution in [2.24, 2.45) is 0 Å². The standard InChI is InChI=1S/C54H37N3S/c1-36-32-42(30-31-44(36)43-33-47(38-20-8-3-9-21-38)51(40-24-12-5-13-25-40)48(34-43)39-22-10-4-11-23-39)52-55-53(46-28-16-15-27-45(46)37-18-6-2-7-19-37)57-54(56-52)50-35-41-26-14-17-29-49(41)58-50/h2-35H,1H3. The molecule has 2 aromatic heterocycles. The molecule has 0 saturated carbocycles. The SMILES string of the molecule is Cc1cc(-c2nc(-c3cc4ccccc4s3)nc(-c3ccccc3-c3ccccc3)n2)ccc1-c1cc(-c2ccccc2)c(-c2ccccc2)c(-c2ccccc2)c1. The Kier molecular flexibility index (Phi) is 9.30. The van der Waals surface area contributed by atoms with Gasteiger partial charge in [-0.05, 0) is 104 Å². The van der Waals surface area contributed by atoms with Gasteiger partial charge < -0.3 is 0 Å². The van der Waals surface area contributed by atoms with E-state index >= 15 is 0 Å². The summed E-state index contributed by atoms with van der Waals surface area (Å²) in [6, 6.07) is 73.0. The van der Waals surface area contributed by atoms with Crippen LogP contribution in [0.5, 0.6) is 0 Å². The van der Waals surface area contributed by atoms with E-state index in [1.807, 2.05) is 6.07 Å². The third kappa shape index (κ3) is 6.80. The van der Waals surface area contributed by atoms with Crippen molar-refractivity contribution in [3.8, 4) is 89.1 Å². The Balaban J connectivity index is 1.14. The van der Waals surface area contributed by atoms with E-state index in [0.717, 1.165) is 43.8 Å². The molecule has 8 aromatic carbocycles. The maximum Gasteiger partial charge on any atom is 0.174 e. The third-order valence-electron chi connectivity index (χ3n) is 10.7. The van der Waals surface area contributed by atoms with E-state index in [-0.39, 0.29) is 0 Å². The molecule has 0 aliphatic carbocycles. The van der Waals surface area contributed by atoms with Crippen molar-refractivity contribution in [2.45, 2.75) is 6.92 Å². The smallest absolute Gasteiger partial charge is 0.174 e. The van der Waals surface area contributed by atoms with Crippen LogP contribution in [0, 0.1) is 6.92 Å². The molecule has 0 fully saturated rings. The number of thiophene rings is 1. The Bertz CT molecular complexity index is 2950. The van der Waals surface area contributed by atoms with Crippen molar-refractivity contribution >= 4 is 21.4 Å². The van der Waals surface area contributed by atoms with Crippen LogP contribution in [0.2, 0.25) is 0 Å². The molecule has 2 heterocycles. The topological polar surface area (TPSA) is 38.7 Å². The summed E-state index contributed by atoms with van der Waals surface area (Å²) in [5.41, 5.74) is 14.7. The zero-order chi connectivity index (χ0) is 38.8. The summed E-state index contributed by atoms with van der Waals surface area (Å²) in [5, 5.41) is 1.18. The molecular formula is C54H37N3S. The van der Waals surface area contributed by atoms with Crippen LogP contribution in [0.4, 0.5) is 0 Å². The second-order valence-electron chi connectivity index (χ2n) is 14.4. The van der Waals surface area contributed by atoms with Crippen LogP contribution in [-0.4, -0.2) is 15.0 Å². The van der Waals surface area contributed by atoms with Gasteiger partial charge in [-0.25, -0.2) is 15.0 Å². The van der Waals surface area contributed by atoms with E-state index in [1.165, 1.54) is 43.5 Å². The molecule has 0 saturated heterocycles. The Hall–Kier alpha value is -7.27. The fourth-order valence-electron chi connectivity index (χ4n) is 7.91. The summed E-state index contributed by atoms with van der Waals surface area (Å²) >= 11 is 1.71. The summed E-state index contributed by atoms with van der Waals surface area (Å²) in [6.45, 7) is 2.19. The molecule has 0 bridgehead atoms. The molecule has 10 aromatic rings. The van der Waals surface area contributed by atoms with Crippen molar-refractivity contribution in [3.63, 3.8) is 0 Å². The average Bonchev–Trinajstić information content (AvgIpc) is 3.74. The number of hydrogen-bond acceptors (Lipinski definition) is 4. The highest BCUT2D eigenvalue weighted by Crippen LogP contribution is 2.44. The third-order valence-corrected chi connectivity index (χ3v) is 11.8. The first-order chi connectivity index (χ1) is 28.7. The van der Waals surface area contributed by atoms with Crippen LogP contribution in [0.1, 0.15) is 5.56 Å². The average molecular weight is 760 g/mol. The van der Waals surface area contributed by atoms with E-state index in [0.29, 0.717) is 17.5 Å². The fourth-order valence-corrected chi connectivity index (χ4v) is 8.90. The number of benzene rings is 8. The lowest BCUT2D eigenvalue weighted by atomic mass is 9.84. The van der Waals surface area contributed by atoms with Gasteiger partial charge in [0, 0.05) is 15.8 Å². The van der Waals surface area contributed by atoms with Gasteiger partial charge >= 0.3 is 0 Å². The molecule has 4 heteroatoms. The van der Waals surface area contributed by atoms with Gasteiger partial charge in [-0.1, -0.05) is 176 Å². The molecule has 0 radical (unpaired) electrons. The van der Waals surface area contributed by atoms with Crippen LogP contribution < -0.4 is 0 Å². The van der Waals surface area contributed by atoms with E-state index in [1.54, 1.807) is 11.3 Å². The number of aromatic nitrogens is 3. The second-order valence-corrected chi connectivity index (χ2v) is 15.5. The Morgan fingerprint density at radius 1 is 0.328 bits per heavy atom. The fraction of sp³-hybridized carbons (Fsp3) is 0.0185. The molecule has 0 spiro atoms. The molecule has 10 rings (SSSR count). The van der Waals surface area contributed by atoms with Gasteiger partial charge in [0.15, 0.2) is 17.5 Å². The largest absolute Gasteiger partial charge is 0.208 e. The Morgan fingerprint density at radius 2 is 0.828 bits per heavy atom. The summed E-state index contributed by atoms with van der Waals surface area (Å²) < 4.78 is 1.20. The first kappa shape index (κ1) is 35.2. The van der Waals surface area contributed by atoms with Gasteiger partial charge in [0.2, 0.25) is 0 Å². The van der Waals surface area contributed by atoms with Crippen LogP contribution >= 0.6 is 11.3 Å². The van der Waals surface area contributed by atoms with E-state index in [2.05, 4.69) is 207 Å². The van der Waals surface area contributed by atoms with Crippen molar-refractivity contribution in [3.05, 3.63) is 212 Å². The molecule has 0 N–H and O–H groups in total. The molecule has 0 aliphatic rings. The Labute approximate surface area is 342 Å². The summed E-state index contributed by atoms with van der Waals surface area (Å²) in [4.78, 5) is 16.6. The van der Waals surface area contributed by atoms with Gasteiger partial charge in [0.05, 0.1) is 4.88 Å². The lowest BCUT2D eigenvalue weighted by molar-refractivity contribution is 1.08. The molecular weight excluding hydrogens is 723 g/mol. The van der Waals surface area contributed by atoms with Crippen LogP contribution in [0.3, 0.4) is 0 Å². The van der Waals surface area contributed by atoms with Crippen molar-refractivity contribution in [1.29, 1.82) is 0 Å². The zero-order valence-corrected chi connectivity index (χ0v) is 32.7. The maximum absolute atomic E-state index is 5.22. The van der Waals surface area contributed by atoms with Crippen LogP contribution in [0.15, 0.2) is 206 Å². The predicted molar refractivity (Wildman–Crippen MR) is 243 cm³/mol. The highest BCUT2D eigenvalue weighted by atomic mass is 32.1. The minimum Gasteiger partial charge on any atom is -0.208 e. The first-order valence-electron chi connectivity index (χ1n) is 19.5. The Morgan fingerprint density at radius 3 is 1.43 bits per heavy atom. The quantitative estimate of drug-likeness (QED) is 0.155. The van der Waals surface area contributed by atoms with Crippen LogP contribution in [0.25, 0.3) is 99.2 Å². The number of rotatable bonds is 8. The number of fused-ring (bicyclic) bond motifs is 1. The lowest BCUT2D eigenvalue weighted by Gasteiger charge is -2.20. The minimum absolute atomic E-state index is 0.643. The molecule has 3 nitrogen and oxygen atoms in total. The molecule has 58 heavy (non-hydrogen) atoms. The van der Waals surface area contributed by atoms with Crippen LogP contribution in [-0.2, 0) is 0 Å².